The van der Waals surface area contributed by atoms with Gasteiger partial charge in [0.1, 0.15) is 6.04 Å². The number of fused-ring (bicyclic) bond motifs is 1. The van der Waals surface area contributed by atoms with E-state index in [1.807, 2.05) is 65.0 Å². The highest BCUT2D eigenvalue weighted by molar-refractivity contribution is 8.02. The molecule has 3 aliphatic heterocycles. The molecule has 3 heterocycles. The lowest BCUT2D eigenvalue weighted by molar-refractivity contribution is -0.149. The Balaban J connectivity index is 1.82. The topological polar surface area (TPSA) is 81.2 Å². The van der Waals surface area contributed by atoms with Crippen LogP contribution < -0.4 is 0 Å². The molecule has 0 saturated carbocycles. The molecule has 3 amide bonds. The molecule has 3 fully saturated rings. The first-order valence-corrected chi connectivity index (χ1v) is 15.7. The van der Waals surface area contributed by atoms with Crippen LogP contribution in [0.15, 0.2) is 55.6 Å². The molecule has 2 bridgehead atoms. The van der Waals surface area contributed by atoms with Crippen LogP contribution >= 0.6 is 11.8 Å². The summed E-state index contributed by atoms with van der Waals surface area (Å²) in [5.74, 6) is -1.57. The van der Waals surface area contributed by atoms with Gasteiger partial charge in [0, 0.05) is 30.4 Å². The number of carbonyl (C=O) groups excluding carboxylic acids is 3. The second-order valence-corrected chi connectivity index (χ2v) is 14.7. The van der Waals surface area contributed by atoms with Gasteiger partial charge in [0.2, 0.25) is 17.7 Å². The number of amides is 3. The van der Waals surface area contributed by atoms with E-state index in [9.17, 15) is 19.5 Å². The Morgan fingerprint density at radius 3 is 2.32 bits per heavy atom. The summed E-state index contributed by atoms with van der Waals surface area (Å²) in [6.45, 7) is 20.7. The fraction of sp³-hybridized carbons (Fsp3) is 0.606. The van der Waals surface area contributed by atoms with Gasteiger partial charge in [-0.2, -0.15) is 0 Å². The van der Waals surface area contributed by atoms with Crippen molar-refractivity contribution in [1.29, 1.82) is 0 Å². The Hall–Kier alpha value is -2.58. The number of hydrogen-bond donors (Lipinski definition) is 1. The maximum atomic E-state index is 14.7. The first-order valence-electron chi connectivity index (χ1n) is 14.8. The minimum atomic E-state index is -0.775. The van der Waals surface area contributed by atoms with Crippen molar-refractivity contribution in [2.45, 2.75) is 82.1 Å². The molecule has 0 aromatic heterocycles. The lowest BCUT2D eigenvalue weighted by Crippen LogP contribution is -2.62. The first-order chi connectivity index (χ1) is 19.3. The van der Waals surface area contributed by atoms with Crippen LogP contribution in [0.25, 0.3) is 0 Å². The van der Waals surface area contributed by atoms with E-state index in [4.69, 9.17) is 0 Å². The third-order valence-corrected chi connectivity index (χ3v) is 11.4. The summed E-state index contributed by atoms with van der Waals surface area (Å²) in [6, 6.07) is 8.54. The van der Waals surface area contributed by atoms with Gasteiger partial charge in [-0.15, -0.1) is 24.9 Å². The minimum Gasteiger partial charge on any atom is -0.394 e. The van der Waals surface area contributed by atoms with Gasteiger partial charge in [-0.1, -0.05) is 63.3 Å². The van der Waals surface area contributed by atoms with E-state index in [0.717, 1.165) is 12.0 Å². The molecule has 1 N–H and O–H groups in total. The highest BCUT2D eigenvalue weighted by atomic mass is 32.2. The van der Waals surface area contributed by atoms with Gasteiger partial charge >= 0.3 is 0 Å². The molecule has 0 aliphatic carbocycles. The molecule has 3 aliphatic rings. The average Bonchev–Trinajstić information content (AvgIpc) is 3.50. The summed E-state index contributed by atoms with van der Waals surface area (Å²) in [4.78, 5) is 49.0. The Kier molecular flexibility index (Phi) is 9.15. The quantitative estimate of drug-likeness (QED) is 0.393. The smallest absolute Gasteiger partial charge is 0.247 e. The molecular weight excluding hydrogens is 534 g/mol. The summed E-state index contributed by atoms with van der Waals surface area (Å²) in [5, 5.41) is 10.5. The van der Waals surface area contributed by atoms with Gasteiger partial charge < -0.3 is 19.8 Å². The van der Waals surface area contributed by atoms with E-state index in [0.29, 0.717) is 19.6 Å². The lowest BCUT2D eigenvalue weighted by atomic mass is 9.65. The zero-order valence-electron chi connectivity index (χ0n) is 25.5. The van der Waals surface area contributed by atoms with Crippen molar-refractivity contribution in [2.24, 2.45) is 23.7 Å². The number of carbonyl (C=O) groups is 3. The molecule has 1 aromatic carbocycles. The monoisotopic (exact) mass is 581 g/mol. The maximum absolute atomic E-state index is 14.7. The van der Waals surface area contributed by atoms with Gasteiger partial charge in [-0.05, 0) is 44.6 Å². The van der Waals surface area contributed by atoms with E-state index >= 15 is 0 Å². The lowest BCUT2D eigenvalue weighted by Gasteiger charge is -2.45. The van der Waals surface area contributed by atoms with Gasteiger partial charge in [0.15, 0.2) is 0 Å². The summed E-state index contributed by atoms with van der Waals surface area (Å²) in [5.41, 5.74) is 0.511. The second kappa shape index (κ2) is 12.0. The number of likely N-dealkylation sites (tertiary alicyclic amines) is 1. The van der Waals surface area contributed by atoms with E-state index in [1.165, 1.54) is 0 Å². The van der Waals surface area contributed by atoms with Crippen LogP contribution in [0.4, 0.5) is 0 Å². The van der Waals surface area contributed by atoms with E-state index in [2.05, 4.69) is 20.1 Å². The molecule has 1 spiro atoms. The minimum absolute atomic E-state index is 0.0495. The van der Waals surface area contributed by atoms with Crippen molar-refractivity contribution in [3.63, 3.8) is 0 Å². The Morgan fingerprint density at radius 1 is 1.15 bits per heavy atom. The van der Waals surface area contributed by atoms with Crippen molar-refractivity contribution in [1.82, 2.24) is 14.7 Å². The molecular formula is C33H47N3O4S. The Morgan fingerprint density at radius 2 is 1.78 bits per heavy atom. The molecule has 8 heteroatoms. The normalized spacial score (nSPS) is 29.4. The van der Waals surface area contributed by atoms with Crippen LogP contribution in [0.5, 0.6) is 0 Å². The van der Waals surface area contributed by atoms with Crippen LogP contribution in [0, 0.1) is 23.7 Å². The van der Waals surface area contributed by atoms with Crippen LogP contribution in [0.3, 0.4) is 0 Å². The third kappa shape index (κ3) is 5.27. The SMILES string of the molecule is C=CCN(Cc1ccccc1)C(=O)[C@@H]1[C@@H]2CC(C)C3(S2)C(C(=O)N(CC=C)C(C)(C)C)N([C@@H](CO)C(C)C)C(=O)[C@H]13. The van der Waals surface area contributed by atoms with Gasteiger partial charge in [0.05, 0.1) is 29.2 Å². The van der Waals surface area contributed by atoms with Crippen LogP contribution in [-0.2, 0) is 20.9 Å². The number of nitrogens with zero attached hydrogens (tertiary/aromatic N) is 3. The molecule has 41 heavy (non-hydrogen) atoms. The van der Waals surface area contributed by atoms with Crippen molar-refractivity contribution < 1.29 is 19.5 Å². The maximum Gasteiger partial charge on any atom is 0.247 e. The number of thioether (sulfide) groups is 1. The zero-order chi connectivity index (χ0) is 30.3. The highest BCUT2D eigenvalue weighted by Gasteiger charge is 2.77. The molecule has 3 unspecified atom stereocenters. The average molecular weight is 582 g/mol. The van der Waals surface area contributed by atoms with Crippen molar-refractivity contribution >= 4 is 29.5 Å². The van der Waals surface area contributed by atoms with Crippen LogP contribution in [0.1, 0.15) is 53.5 Å². The molecule has 7 atom stereocenters. The predicted molar refractivity (Wildman–Crippen MR) is 165 cm³/mol. The molecule has 0 radical (unpaired) electrons. The molecule has 3 saturated heterocycles. The van der Waals surface area contributed by atoms with Crippen LogP contribution in [0.2, 0.25) is 0 Å². The van der Waals surface area contributed by atoms with Crippen LogP contribution in [-0.4, -0.2) is 84.8 Å². The second-order valence-electron chi connectivity index (χ2n) is 13.2. The molecule has 7 nitrogen and oxygen atoms in total. The summed E-state index contributed by atoms with van der Waals surface area (Å²) < 4.78 is -0.751. The Labute approximate surface area is 250 Å². The standard InChI is InChI=1S/C33H47N3O4S/c1-9-16-34(19-23-14-12-11-13-15-23)29(38)26-25-18-22(5)33(41-25)27(26)30(39)36(24(20-37)21(3)4)28(33)31(40)35(17-10-2)32(6,7)8/h9-15,21-22,24-28,37H,1-2,16-20H2,3-8H3/t22?,24-,25-,26+,27-,28?,33?/m0/s1. The first kappa shape index (κ1) is 31.4. The number of benzene rings is 1. The van der Waals surface area contributed by atoms with Gasteiger partial charge in [-0.25, -0.2) is 0 Å². The zero-order valence-corrected chi connectivity index (χ0v) is 26.3. The van der Waals surface area contributed by atoms with E-state index in [1.54, 1.807) is 38.6 Å². The summed E-state index contributed by atoms with van der Waals surface area (Å²) in [7, 11) is 0. The largest absolute Gasteiger partial charge is 0.394 e. The number of aliphatic hydroxyl groups excluding tert-OH is 1. The fourth-order valence-corrected chi connectivity index (χ4v) is 9.77. The van der Waals surface area contributed by atoms with E-state index < -0.39 is 34.2 Å². The van der Waals surface area contributed by atoms with Crippen molar-refractivity contribution in [3.8, 4) is 0 Å². The number of hydrogen-bond acceptors (Lipinski definition) is 5. The summed E-state index contributed by atoms with van der Waals surface area (Å²) in [6.07, 6.45) is 4.21. The fourth-order valence-electron chi connectivity index (χ4n) is 7.37. The molecule has 1 aromatic rings. The van der Waals surface area contributed by atoms with Crippen molar-refractivity contribution in [3.05, 3.63) is 61.2 Å². The molecule has 4 rings (SSSR count). The predicted octanol–water partition coefficient (Wildman–Crippen LogP) is 4.37. The number of rotatable bonds is 11. The summed E-state index contributed by atoms with van der Waals surface area (Å²) >= 11 is 1.67. The van der Waals surface area contributed by atoms with E-state index in [-0.39, 0.29) is 41.4 Å². The molecule has 224 valence electrons. The highest BCUT2D eigenvalue weighted by Crippen LogP contribution is 2.69. The van der Waals surface area contributed by atoms with Gasteiger partial charge in [-0.3, -0.25) is 14.4 Å². The Bertz CT molecular complexity index is 1160. The van der Waals surface area contributed by atoms with Crippen molar-refractivity contribution in [2.75, 3.05) is 19.7 Å². The third-order valence-electron chi connectivity index (χ3n) is 9.28. The number of aliphatic hydroxyl groups is 1. The van der Waals surface area contributed by atoms with Gasteiger partial charge in [0.25, 0.3) is 0 Å².